The van der Waals surface area contributed by atoms with Crippen molar-refractivity contribution in [2.75, 3.05) is 12.4 Å². The van der Waals surface area contributed by atoms with Gasteiger partial charge in [0.1, 0.15) is 16.5 Å². The van der Waals surface area contributed by atoms with Crippen molar-refractivity contribution in [2.45, 2.75) is 46.0 Å². The van der Waals surface area contributed by atoms with Gasteiger partial charge in [-0.05, 0) is 61.0 Å². The van der Waals surface area contributed by atoms with Gasteiger partial charge in [-0.25, -0.2) is 4.79 Å². The van der Waals surface area contributed by atoms with Crippen molar-refractivity contribution in [1.82, 2.24) is 0 Å². The molecule has 1 aliphatic rings. The predicted octanol–water partition coefficient (Wildman–Crippen LogP) is 5.03. The standard InChI is InChI=1S/C18H20BrNO4S/c1-9-13(15(19)10(2)24-9)16(21)20-17-14(18(22)23-3)11-7-5-4-6-8-12(11)25-17/h4-8H2,1-3H3,(H,20,21). The number of hydrogen-bond acceptors (Lipinski definition) is 5. The first-order valence-electron chi connectivity index (χ1n) is 8.23. The quantitative estimate of drug-likeness (QED) is 0.552. The summed E-state index contributed by atoms with van der Waals surface area (Å²) < 4.78 is 11.1. The fraction of sp³-hybridized carbons (Fsp3) is 0.444. The van der Waals surface area contributed by atoms with E-state index in [1.54, 1.807) is 13.8 Å². The van der Waals surface area contributed by atoms with E-state index < -0.39 is 5.97 Å². The van der Waals surface area contributed by atoms with E-state index in [1.165, 1.54) is 23.3 Å². The molecule has 0 radical (unpaired) electrons. The molecule has 1 amide bonds. The predicted molar refractivity (Wildman–Crippen MR) is 101 cm³/mol. The number of thiophene rings is 1. The van der Waals surface area contributed by atoms with Gasteiger partial charge in [0.15, 0.2) is 0 Å². The van der Waals surface area contributed by atoms with Crippen LogP contribution in [0, 0.1) is 13.8 Å². The number of anilines is 1. The first-order valence-corrected chi connectivity index (χ1v) is 9.84. The van der Waals surface area contributed by atoms with Gasteiger partial charge < -0.3 is 14.5 Å². The van der Waals surface area contributed by atoms with E-state index in [1.807, 2.05) is 0 Å². The summed E-state index contributed by atoms with van der Waals surface area (Å²) in [7, 11) is 1.37. The summed E-state index contributed by atoms with van der Waals surface area (Å²) in [4.78, 5) is 26.3. The molecule has 134 valence electrons. The van der Waals surface area contributed by atoms with Crippen LogP contribution in [0.15, 0.2) is 8.89 Å². The highest BCUT2D eigenvalue weighted by molar-refractivity contribution is 9.10. The molecular formula is C18H20BrNO4S. The van der Waals surface area contributed by atoms with Crippen LogP contribution in [0.3, 0.4) is 0 Å². The van der Waals surface area contributed by atoms with Gasteiger partial charge in [0.2, 0.25) is 0 Å². The number of carbonyl (C=O) groups excluding carboxylic acids is 2. The number of nitrogens with one attached hydrogen (secondary N) is 1. The van der Waals surface area contributed by atoms with Crippen molar-refractivity contribution in [3.8, 4) is 0 Å². The fourth-order valence-corrected chi connectivity index (χ4v) is 5.04. The van der Waals surface area contributed by atoms with Gasteiger partial charge in [-0.15, -0.1) is 11.3 Å². The van der Waals surface area contributed by atoms with Gasteiger partial charge in [0, 0.05) is 4.88 Å². The number of methoxy groups -OCH3 is 1. The van der Waals surface area contributed by atoms with E-state index in [0.717, 1.165) is 37.7 Å². The summed E-state index contributed by atoms with van der Waals surface area (Å²) in [6.07, 6.45) is 5.09. The average molecular weight is 426 g/mol. The molecule has 0 saturated heterocycles. The average Bonchev–Trinajstić information content (AvgIpc) is 2.92. The number of ether oxygens (including phenoxy) is 1. The number of hydrogen-bond donors (Lipinski definition) is 1. The maximum Gasteiger partial charge on any atom is 0.341 e. The molecule has 7 heteroatoms. The molecular weight excluding hydrogens is 406 g/mol. The van der Waals surface area contributed by atoms with Gasteiger partial charge in [-0.1, -0.05) is 6.42 Å². The lowest BCUT2D eigenvalue weighted by Gasteiger charge is -2.07. The molecule has 0 saturated carbocycles. The Bertz CT molecular complexity index is 837. The number of carbonyl (C=O) groups is 2. The van der Waals surface area contributed by atoms with E-state index in [9.17, 15) is 9.59 Å². The third-order valence-electron chi connectivity index (χ3n) is 4.45. The smallest absolute Gasteiger partial charge is 0.341 e. The Morgan fingerprint density at radius 2 is 1.84 bits per heavy atom. The van der Waals surface area contributed by atoms with Crippen LogP contribution in [0.25, 0.3) is 0 Å². The Morgan fingerprint density at radius 3 is 2.48 bits per heavy atom. The van der Waals surface area contributed by atoms with Crippen LogP contribution in [0.1, 0.15) is 61.9 Å². The number of esters is 1. The van der Waals surface area contributed by atoms with Gasteiger partial charge in [-0.2, -0.15) is 0 Å². The SMILES string of the molecule is COC(=O)c1c(NC(=O)c2c(C)oc(C)c2Br)sc2c1CCCCC2. The molecule has 2 aromatic heterocycles. The van der Waals surface area contributed by atoms with E-state index in [-0.39, 0.29) is 5.91 Å². The minimum absolute atomic E-state index is 0.289. The monoisotopic (exact) mass is 425 g/mol. The first-order chi connectivity index (χ1) is 11.9. The van der Waals surface area contributed by atoms with Crippen molar-refractivity contribution in [3.05, 3.63) is 37.6 Å². The highest BCUT2D eigenvalue weighted by atomic mass is 79.9. The first kappa shape index (κ1) is 18.2. The topological polar surface area (TPSA) is 68.5 Å². The van der Waals surface area contributed by atoms with Crippen molar-refractivity contribution in [2.24, 2.45) is 0 Å². The Morgan fingerprint density at radius 1 is 1.12 bits per heavy atom. The number of amides is 1. The van der Waals surface area contributed by atoms with Crippen LogP contribution in [0.5, 0.6) is 0 Å². The third kappa shape index (κ3) is 3.40. The molecule has 2 aromatic rings. The molecule has 0 fully saturated rings. The van der Waals surface area contributed by atoms with Crippen LogP contribution in [0.2, 0.25) is 0 Å². The summed E-state index contributed by atoms with van der Waals surface area (Å²) in [6, 6.07) is 0. The zero-order valence-electron chi connectivity index (χ0n) is 14.5. The number of rotatable bonds is 3. The normalized spacial score (nSPS) is 13.9. The summed E-state index contributed by atoms with van der Waals surface area (Å²) in [5, 5.41) is 3.47. The minimum Gasteiger partial charge on any atom is -0.465 e. The molecule has 1 N–H and O–H groups in total. The molecule has 3 rings (SSSR count). The second-order valence-electron chi connectivity index (χ2n) is 6.12. The Labute approximate surface area is 158 Å². The molecule has 0 bridgehead atoms. The van der Waals surface area contributed by atoms with Crippen molar-refractivity contribution < 1.29 is 18.7 Å². The third-order valence-corrected chi connectivity index (χ3v) is 6.61. The molecule has 2 heterocycles. The van der Waals surface area contributed by atoms with Crippen LogP contribution in [-0.2, 0) is 17.6 Å². The molecule has 0 unspecified atom stereocenters. The summed E-state index contributed by atoms with van der Waals surface area (Å²) >= 11 is 4.88. The van der Waals surface area contributed by atoms with Crippen molar-refractivity contribution >= 4 is 44.1 Å². The number of halogens is 1. The maximum absolute atomic E-state index is 12.8. The summed E-state index contributed by atoms with van der Waals surface area (Å²) in [6.45, 7) is 3.54. The zero-order chi connectivity index (χ0) is 18.1. The van der Waals surface area contributed by atoms with Crippen LogP contribution in [-0.4, -0.2) is 19.0 Å². The number of fused-ring (bicyclic) bond motifs is 1. The molecule has 1 aliphatic carbocycles. The van der Waals surface area contributed by atoms with Crippen molar-refractivity contribution in [3.63, 3.8) is 0 Å². The highest BCUT2D eigenvalue weighted by Gasteiger charge is 2.28. The number of aryl methyl sites for hydroxylation is 3. The lowest BCUT2D eigenvalue weighted by molar-refractivity contribution is 0.0601. The lowest BCUT2D eigenvalue weighted by Crippen LogP contribution is -2.15. The maximum atomic E-state index is 12.8. The van der Waals surface area contributed by atoms with Gasteiger partial charge in [-0.3, -0.25) is 4.79 Å². The van der Waals surface area contributed by atoms with Gasteiger partial charge >= 0.3 is 5.97 Å². The number of furan rings is 1. The summed E-state index contributed by atoms with van der Waals surface area (Å²) in [5.74, 6) is 0.508. The molecule has 25 heavy (non-hydrogen) atoms. The molecule has 0 atom stereocenters. The lowest BCUT2D eigenvalue weighted by atomic mass is 10.1. The minimum atomic E-state index is -0.395. The molecule has 5 nitrogen and oxygen atoms in total. The Kier molecular flexibility index (Phi) is 5.34. The zero-order valence-corrected chi connectivity index (χ0v) is 16.9. The Hall–Kier alpha value is -1.60. The Balaban J connectivity index is 1.99. The van der Waals surface area contributed by atoms with E-state index in [0.29, 0.717) is 32.1 Å². The van der Waals surface area contributed by atoms with Crippen LogP contribution in [0.4, 0.5) is 5.00 Å². The van der Waals surface area contributed by atoms with Gasteiger partial charge in [0.05, 0.1) is 22.7 Å². The van der Waals surface area contributed by atoms with E-state index in [4.69, 9.17) is 9.15 Å². The van der Waals surface area contributed by atoms with Crippen LogP contribution < -0.4 is 5.32 Å². The van der Waals surface area contributed by atoms with Crippen molar-refractivity contribution in [1.29, 1.82) is 0 Å². The van der Waals surface area contributed by atoms with E-state index in [2.05, 4.69) is 21.2 Å². The second-order valence-corrected chi connectivity index (χ2v) is 8.02. The fourth-order valence-electron chi connectivity index (χ4n) is 3.23. The molecule has 0 spiro atoms. The second kappa shape index (κ2) is 7.33. The summed E-state index contributed by atoms with van der Waals surface area (Å²) in [5.41, 5.74) is 1.99. The molecule has 0 aliphatic heterocycles. The van der Waals surface area contributed by atoms with Crippen LogP contribution >= 0.6 is 27.3 Å². The van der Waals surface area contributed by atoms with E-state index >= 15 is 0 Å². The largest absolute Gasteiger partial charge is 0.465 e. The highest BCUT2D eigenvalue weighted by Crippen LogP contribution is 2.38. The molecule has 0 aromatic carbocycles. The van der Waals surface area contributed by atoms with Gasteiger partial charge in [0.25, 0.3) is 5.91 Å².